The molecule has 1 N–H and O–H groups in total. The molecule has 1 aliphatic carbocycles. The molecule has 0 amide bonds. The van der Waals surface area contributed by atoms with Gasteiger partial charge in [-0.1, -0.05) is 19.1 Å². The van der Waals surface area contributed by atoms with E-state index in [2.05, 4.69) is 12.2 Å². The van der Waals surface area contributed by atoms with Crippen molar-refractivity contribution in [2.75, 3.05) is 19.8 Å². The van der Waals surface area contributed by atoms with E-state index in [4.69, 9.17) is 9.47 Å². The van der Waals surface area contributed by atoms with E-state index in [0.717, 1.165) is 37.1 Å². The first-order chi connectivity index (χ1) is 8.40. The molecule has 94 valence electrons. The summed E-state index contributed by atoms with van der Waals surface area (Å²) in [6.07, 6.45) is 3.64. The predicted molar refractivity (Wildman–Crippen MR) is 68.7 cm³/mol. The molecular formula is C14H21NO2. The molecule has 3 nitrogen and oxygen atoms in total. The van der Waals surface area contributed by atoms with Crippen LogP contribution in [0.1, 0.15) is 26.2 Å². The highest BCUT2D eigenvalue weighted by Crippen LogP contribution is 2.26. The summed E-state index contributed by atoms with van der Waals surface area (Å²) in [5.74, 6) is 1.69. The maximum Gasteiger partial charge on any atom is 0.161 e. The molecule has 1 aromatic rings. The molecule has 1 aromatic carbocycles. The molecule has 0 unspecified atom stereocenters. The van der Waals surface area contributed by atoms with Gasteiger partial charge in [0.05, 0.1) is 6.61 Å². The Bertz CT molecular complexity index is 337. The molecule has 3 heteroatoms. The lowest BCUT2D eigenvalue weighted by Crippen LogP contribution is -2.22. The van der Waals surface area contributed by atoms with Crippen LogP contribution < -0.4 is 14.8 Å². The first kappa shape index (κ1) is 12.2. The average molecular weight is 235 g/mol. The van der Waals surface area contributed by atoms with Crippen molar-refractivity contribution in [3.8, 4) is 11.5 Å². The maximum atomic E-state index is 5.72. The molecule has 0 heterocycles. The van der Waals surface area contributed by atoms with Gasteiger partial charge in [0, 0.05) is 12.6 Å². The van der Waals surface area contributed by atoms with Crippen molar-refractivity contribution >= 4 is 0 Å². The quantitative estimate of drug-likeness (QED) is 0.703. The largest absolute Gasteiger partial charge is 0.490 e. The predicted octanol–water partition coefficient (Wildman–Crippen LogP) is 2.61. The van der Waals surface area contributed by atoms with Crippen molar-refractivity contribution in [3.63, 3.8) is 0 Å². The van der Waals surface area contributed by atoms with Crippen LogP contribution in [0.2, 0.25) is 0 Å². The molecule has 1 aliphatic rings. The Balaban J connectivity index is 1.76. The van der Waals surface area contributed by atoms with Gasteiger partial charge in [0.15, 0.2) is 11.5 Å². The third kappa shape index (κ3) is 4.27. The molecule has 0 radical (unpaired) electrons. The molecule has 0 bridgehead atoms. The third-order valence-electron chi connectivity index (χ3n) is 2.68. The molecular weight excluding hydrogens is 214 g/mol. The third-order valence-corrected chi connectivity index (χ3v) is 2.68. The SMILES string of the molecule is CCCOc1ccccc1OCCNC1CC1. The topological polar surface area (TPSA) is 30.5 Å². The number of hydrogen-bond donors (Lipinski definition) is 1. The Morgan fingerprint density at radius 3 is 2.35 bits per heavy atom. The number of ether oxygens (including phenoxy) is 2. The van der Waals surface area contributed by atoms with E-state index in [1.807, 2.05) is 24.3 Å². The van der Waals surface area contributed by atoms with Gasteiger partial charge in [-0.25, -0.2) is 0 Å². The Morgan fingerprint density at radius 2 is 1.76 bits per heavy atom. The van der Waals surface area contributed by atoms with Crippen LogP contribution in [0.3, 0.4) is 0 Å². The highest BCUT2D eigenvalue weighted by Gasteiger charge is 2.19. The molecule has 0 spiro atoms. The molecule has 0 saturated heterocycles. The normalized spacial score (nSPS) is 14.6. The summed E-state index contributed by atoms with van der Waals surface area (Å²) in [4.78, 5) is 0. The first-order valence-corrected chi connectivity index (χ1v) is 6.48. The van der Waals surface area contributed by atoms with Crippen molar-refractivity contribution < 1.29 is 9.47 Å². The van der Waals surface area contributed by atoms with E-state index >= 15 is 0 Å². The molecule has 2 rings (SSSR count). The molecule has 0 aromatic heterocycles. The van der Waals surface area contributed by atoms with Gasteiger partial charge in [-0.15, -0.1) is 0 Å². The van der Waals surface area contributed by atoms with Gasteiger partial charge in [-0.3, -0.25) is 0 Å². The van der Waals surface area contributed by atoms with Crippen LogP contribution in [0.5, 0.6) is 11.5 Å². The van der Waals surface area contributed by atoms with Crippen molar-refractivity contribution in [1.82, 2.24) is 5.32 Å². The summed E-state index contributed by atoms with van der Waals surface area (Å²) in [6.45, 7) is 4.44. The number of para-hydroxylation sites is 2. The minimum atomic E-state index is 0.697. The molecule has 0 atom stereocenters. The number of hydrogen-bond acceptors (Lipinski definition) is 3. The second-order valence-corrected chi connectivity index (χ2v) is 4.37. The monoisotopic (exact) mass is 235 g/mol. The van der Waals surface area contributed by atoms with Gasteiger partial charge in [0.1, 0.15) is 6.61 Å². The van der Waals surface area contributed by atoms with Gasteiger partial charge in [0.2, 0.25) is 0 Å². The fraction of sp³-hybridized carbons (Fsp3) is 0.571. The van der Waals surface area contributed by atoms with Crippen molar-refractivity contribution in [2.24, 2.45) is 0 Å². The smallest absolute Gasteiger partial charge is 0.161 e. The Labute approximate surface area is 103 Å². The van der Waals surface area contributed by atoms with Crippen LogP contribution in [0.4, 0.5) is 0 Å². The summed E-state index contributed by atoms with van der Waals surface area (Å²) in [5.41, 5.74) is 0. The van der Waals surface area contributed by atoms with Gasteiger partial charge in [-0.05, 0) is 31.4 Å². The second kappa shape index (κ2) is 6.50. The van der Waals surface area contributed by atoms with Gasteiger partial charge >= 0.3 is 0 Å². The zero-order valence-electron chi connectivity index (χ0n) is 10.4. The fourth-order valence-corrected chi connectivity index (χ4v) is 1.61. The standard InChI is InChI=1S/C14H21NO2/c1-2-10-16-13-5-3-4-6-14(13)17-11-9-15-12-7-8-12/h3-6,12,15H,2,7-11H2,1H3. The molecule has 17 heavy (non-hydrogen) atoms. The Kier molecular flexibility index (Phi) is 4.68. The Hall–Kier alpha value is -1.22. The van der Waals surface area contributed by atoms with Gasteiger partial charge in [-0.2, -0.15) is 0 Å². The van der Waals surface area contributed by atoms with Crippen LogP contribution in [-0.4, -0.2) is 25.8 Å². The summed E-state index contributed by atoms with van der Waals surface area (Å²) in [6, 6.07) is 8.61. The van der Waals surface area contributed by atoms with Crippen LogP contribution in [0.25, 0.3) is 0 Å². The molecule has 0 aliphatic heterocycles. The van der Waals surface area contributed by atoms with Gasteiger partial charge < -0.3 is 14.8 Å². The fourth-order valence-electron chi connectivity index (χ4n) is 1.61. The van der Waals surface area contributed by atoms with E-state index in [1.165, 1.54) is 12.8 Å². The highest BCUT2D eigenvalue weighted by atomic mass is 16.5. The number of benzene rings is 1. The second-order valence-electron chi connectivity index (χ2n) is 4.37. The lowest BCUT2D eigenvalue weighted by Gasteiger charge is -2.12. The first-order valence-electron chi connectivity index (χ1n) is 6.48. The van der Waals surface area contributed by atoms with Crippen molar-refractivity contribution in [3.05, 3.63) is 24.3 Å². The zero-order valence-corrected chi connectivity index (χ0v) is 10.4. The minimum absolute atomic E-state index is 0.697. The summed E-state index contributed by atoms with van der Waals surface area (Å²) < 4.78 is 11.4. The van der Waals surface area contributed by atoms with Crippen molar-refractivity contribution in [1.29, 1.82) is 0 Å². The van der Waals surface area contributed by atoms with E-state index < -0.39 is 0 Å². The molecule has 1 fully saturated rings. The summed E-state index contributed by atoms with van der Waals surface area (Å²) in [7, 11) is 0. The number of rotatable bonds is 8. The van der Waals surface area contributed by atoms with Crippen LogP contribution in [0.15, 0.2) is 24.3 Å². The Morgan fingerprint density at radius 1 is 1.12 bits per heavy atom. The van der Waals surface area contributed by atoms with Crippen molar-refractivity contribution in [2.45, 2.75) is 32.2 Å². The zero-order chi connectivity index (χ0) is 11.9. The highest BCUT2D eigenvalue weighted by molar-refractivity contribution is 5.39. The maximum absolute atomic E-state index is 5.72. The van der Waals surface area contributed by atoms with Gasteiger partial charge in [0.25, 0.3) is 0 Å². The summed E-state index contributed by atoms with van der Waals surface area (Å²) >= 11 is 0. The average Bonchev–Trinajstić information content (AvgIpc) is 3.17. The van der Waals surface area contributed by atoms with E-state index in [9.17, 15) is 0 Å². The van der Waals surface area contributed by atoms with Crippen LogP contribution >= 0.6 is 0 Å². The van der Waals surface area contributed by atoms with E-state index in [1.54, 1.807) is 0 Å². The lowest BCUT2D eigenvalue weighted by atomic mass is 10.3. The van der Waals surface area contributed by atoms with E-state index in [-0.39, 0.29) is 0 Å². The minimum Gasteiger partial charge on any atom is -0.490 e. The van der Waals surface area contributed by atoms with Crippen LogP contribution in [0, 0.1) is 0 Å². The lowest BCUT2D eigenvalue weighted by molar-refractivity contribution is 0.267. The summed E-state index contributed by atoms with van der Waals surface area (Å²) in [5, 5.41) is 3.42. The molecule has 1 saturated carbocycles. The number of nitrogens with one attached hydrogen (secondary N) is 1. The van der Waals surface area contributed by atoms with E-state index in [0.29, 0.717) is 6.61 Å². The van der Waals surface area contributed by atoms with Crippen LogP contribution in [-0.2, 0) is 0 Å².